The van der Waals surface area contributed by atoms with Crippen molar-refractivity contribution in [2.24, 2.45) is 0 Å². The molecule has 0 aliphatic carbocycles. The van der Waals surface area contributed by atoms with Gasteiger partial charge in [0.05, 0.1) is 24.5 Å². The molecule has 2 aromatic rings. The van der Waals surface area contributed by atoms with Crippen molar-refractivity contribution in [3.63, 3.8) is 0 Å². The molecule has 1 aliphatic rings. The third-order valence-electron chi connectivity index (χ3n) is 4.62. The third kappa shape index (κ3) is 4.25. The summed E-state index contributed by atoms with van der Waals surface area (Å²) in [5.74, 6) is -0.647. The Morgan fingerprint density at radius 2 is 2.16 bits per heavy atom. The molecule has 0 saturated heterocycles. The Hall–Kier alpha value is -2.21. The Bertz CT molecular complexity index is 756. The van der Waals surface area contributed by atoms with Gasteiger partial charge in [-0.2, -0.15) is 5.10 Å². The molecule has 0 bridgehead atoms. The molecule has 1 amide bonds. The minimum atomic E-state index is -0.364. The highest BCUT2D eigenvalue weighted by molar-refractivity contribution is 5.94. The first-order chi connectivity index (χ1) is 12.1. The zero-order chi connectivity index (χ0) is 17.8. The molecule has 1 aliphatic heterocycles. The van der Waals surface area contributed by atoms with E-state index in [1.807, 2.05) is 10.7 Å². The van der Waals surface area contributed by atoms with E-state index in [0.717, 1.165) is 31.9 Å². The highest BCUT2D eigenvalue weighted by Gasteiger charge is 2.18. The van der Waals surface area contributed by atoms with Gasteiger partial charge in [-0.25, -0.2) is 4.39 Å². The minimum Gasteiger partial charge on any atom is -0.346 e. The molecule has 25 heavy (non-hydrogen) atoms. The molecule has 5 nitrogen and oxygen atoms in total. The fourth-order valence-electron chi connectivity index (χ4n) is 3.05. The van der Waals surface area contributed by atoms with E-state index in [1.54, 1.807) is 19.1 Å². The van der Waals surface area contributed by atoms with Crippen molar-refractivity contribution < 1.29 is 9.18 Å². The lowest BCUT2D eigenvalue weighted by Gasteiger charge is -2.27. The second kappa shape index (κ2) is 7.78. The Morgan fingerprint density at radius 1 is 1.32 bits per heavy atom. The summed E-state index contributed by atoms with van der Waals surface area (Å²) in [5.41, 5.74) is 2.89. The van der Waals surface area contributed by atoms with Gasteiger partial charge >= 0.3 is 0 Å². The van der Waals surface area contributed by atoms with Gasteiger partial charge in [-0.1, -0.05) is 19.4 Å². The topological polar surface area (TPSA) is 50.2 Å². The quantitative estimate of drug-likeness (QED) is 0.877. The SMILES string of the molecule is CCCCN1CCn2nc(CNC(=O)c3ccc(C)c(F)c3)cc2C1. The predicted molar refractivity (Wildman–Crippen MR) is 94.7 cm³/mol. The zero-order valence-electron chi connectivity index (χ0n) is 14.9. The van der Waals surface area contributed by atoms with Crippen LogP contribution in [0.1, 0.15) is 47.1 Å². The molecule has 0 unspecified atom stereocenters. The van der Waals surface area contributed by atoms with Crippen LogP contribution in [0.4, 0.5) is 4.39 Å². The monoisotopic (exact) mass is 344 g/mol. The van der Waals surface area contributed by atoms with Crippen LogP contribution in [0.25, 0.3) is 0 Å². The largest absolute Gasteiger partial charge is 0.346 e. The first kappa shape index (κ1) is 17.6. The maximum atomic E-state index is 13.6. The Morgan fingerprint density at radius 3 is 2.92 bits per heavy atom. The van der Waals surface area contributed by atoms with E-state index in [1.165, 1.54) is 24.6 Å². The van der Waals surface area contributed by atoms with Gasteiger partial charge in [0, 0.05) is 18.7 Å². The summed E-state index contributed by atoms with van der Waals surface area (Å²) in [6.45, 7) is 8.16. The van der Waals surface area contributed by atoms with Gasteiger partial charge in [-0.15, -0.1) is 0 Å². The molecule has 2 heterocycles. The second-order valence-corrected chi connectivity index (χ2v) is 6.63. The Balaban J connectivity index is 1.58. The van der Waals surface area contributed by atoms with E-state index in [-0.39, 0.29) is 11.7 Å². The van der Waals surface area contributed by atoms with Gasteiger partial charge < -0.3 is 5.32 Å². The van der Waals surface area contributed by atoms with Crippen LogP contribution < -0.4 is 5.32 Å². The van der Waals surface area contributed by atoms with Crippen LogP contribution in [0, 0.1) is 12.7 Å². The molecule has 0 atom stereocenters. The summed E-state index contributed by atoms with van der Waals surface area (Å²) >= 11 is 0. The summed E-state index contributed by atoms with van der Waals surface area (Å²) in [4.78, 5) is 14.6. The number of rotatable bonds is 6. The van der Waals surface area contributed by atoms with Crippen molar-refractivity contribution in [1.29, 1.82) is 0 Å². The maximum absolute atomic E-state index is 13.6. The van der Waals surface area contributed by atoms with Gasteiger partial charge in [-0.05, 0) is 43.7 Å². The van der Waals surface area contributed by atoms with Gasteiger partial charge in [0.1, 0.15) is 5.82 Å². The van der Waals surface area contributed by atoms with Crippen molar-refractivity contribution >= 4 is 5.91 Å². The van der Waals surface area contributed by atoms with E-state index in [9.17, 15) is 9.18 Å². The van der Waals surface area contributed by atoms with Crippen LogP contribution in [0.5, 0.6) is 0 Å². The molecular weight excluding hydrogens is 319 g/mol. The number of hydrogen-bond acceptors (Lipinski definition) is 3. The number of carbonyl (C=O) groups excluding carboxylic acids is 1. The molecule has 0 fully saturated rings. The summed E-state index contributed by atoms with van der Waals surface area (Å²) in [6, 6.07) is 6.57. The summed E-state index contributed by atoms with van der Waals surface area (Å²) in [5, 5.41) is 7.39. The van der Waals surface area contributed by atoms with Crippen LogP contribution in [-0.4, -0.2) is 33.7 Å². The van der Waals surface area contributed by atoms with Crippen molar-refractivity contribution in [1.82, 2.24) is 20.0 Å². The number of amides is 1. The smallest absolute Gasteiger partial charge is 0.251 e. The summed E-state index contributed by atoms with van der Waals surface area (Å²) in [7, 11) is 0. The van der Waals surface area contributed by atoms with Crippen molar-refractivity contribution in [3.8, 4) is 0 Å². The number of halogens is 1. The van der Waals surface area contributed by atoms with Crippen molar-refractivity contribution in [3.05, 3.63) is 52.6 Å². The highest BCUT2D eigenvalue weighted by Crippen LogP contribution is 2.15. The molecule has 0 spiro atoms. The predicted octanol–water partition coefficient (Wildman–Crippen LogP) is 2.88. The minimum absolute atomic E-state index is 0.283. The molecule has 3 rings (SSSR count). The van der Waals surface area contributed by atoms with Crippen LogP contribution in [0.15, 0.2) is 24.3 Å². The lowest BCUT2D eigenvalue weighted by molar-refractivity contribution is 0.0950. The number of fused-ring (bicyclic) bond motifs is 1. The zero-order valence-corrected chi connectivity index (χ0v) is 14.9. The molecule has 0 saturated carbocycles. The number of hydrogen-bond donors (Lipinski definition) is 1. The highest BCUT2D eigenvalue weighted by atomic mass is 19.1. The normalized spacial score (nSPS) is 14.4. The van der Waals surface area contributed by atoms with E-state index in [2.05, 4.69) is 22.2 Å². The van der Waals surface area contributed by atoms with Gasteiger partial charge in [-0.3, -0.25) is 14.4 Å². The van der Waals surface area contributed by atoms with E-state index >= 15 is 0 Å². The van der Waals surface area contributed by atoms with E-state index < -0.39 is 0 Å². The van der Waals surface area contributed by atoms with Crippen molar-refractivity contribution in [2.75, 3.05) is 13.1 Å². The van der Waals surface area contributed by atoms with Gasteiger partial charge in [0.2, 0.25) is 0 Å². The molecule has 6 heteroatoms. The Kier molecular flexibility index (Phi) is 5.48. The molecule has 134 valence electrons. The van der Waals surface area contributed by atoms with Crippen LogP contribution >= 0.6 is 0 Å². The van der Waals surface area contributed by atoms with E-state index in [0.29, 0.717) is 17.7 Å². The standard InChI is InChI=1S/C19H25FN4O/c1-3-4-7-23-8-9-24-17(13-23)11-16(22-24)12-21-19(25)15-6-5-14(2)18(20)10-15/h5-6,10-11H,3-4,7-9,12-13H2,1-2H3,(H,21,25). The second-order valence-electron chi connectivity index (χ2n) is 6.63. The number of nitrogens with zero attached hydrogens (tertiary/aromatic N) is 3. The van der Waals surface area contributed by atoms with Crippen LogP contribution in [-0.2, 0) is 19.6 Å². The number of aromatic nitrogens is 2. The fraction of sp³-hybridized carbons (Fsp3) is 0.474. The average Bonchev–Trinajstić information content (AvgIpc) is 3.02. The maximum Gasteiger partial charge on any atom is 0.251 e. The average molecular weight is 344 g/mol. The first-order valence-electron chi connectivity index (χ1n) is 8.89. The first-order valence-corrected chi connectivity index (χ1v) is 8.89. The summed E-state index contributed by atoms with van der Waals surface area (Å²) < 4.78 is 15.6. The van der Waals surface area contributed by atoms with Crippen LogP contribution in [0.2, 0.25) is 0 Å². The number of nitrogens with one attached hydrogen (secondary N) is 1. The van der Waals surface area contributed by atoms with Gasteiger partial charge in [0.15, 0.2) is 0 Å². The Labute approximate surface area is 147 Å². The molecular formula is C19H25FN4O. The molecule has 0 radical (unpaired) electrons. The lowest BCUT2D eigenvalue weighted by Crippen LogP contribution is -2.34. The fourth-order valence-corrected chi connectivity index (χ4v) is 3.05. The molecule has 1 aromatic carbocycles. The lowest BCUT2D eigenvalue weighted by atomic mass is 10.1. The summed E-state index contributed by atoms with van der Waals surface area (Å²) in [6.07, 6.45) is 2.41. The van der Waals surface area contributed by atoms with Crippen molar-refractivity contribution in [2.45, 2.75) is 46.3 Å². The number of aryl methyl sites for hydroxylation is 1. The number of unbranched alkanes of at least 4 members (excludes halogenated alkanes) is 1. The molecule has 1 N–H and O–H groups in total. The van der Waals surface area contributed by atoms with Crippen LogP contribution in [0.3, 0.4) is 0 Å². The number of benzene rings is 1. The molecule has 1 aromatic heterocycles. The third-order valence-corrected chi connectivity index (χ3v) is 4.62. The number of carbonyl (C=O) groups is 1. The van der Waals surface area contributed by atoms with E-state index in [4.69, 9.17) is 0 Å². The van der Waals surface area contributed by atoms with Gasteiger partial charge in [0.25, 0.3) is 5.91 Å².